The fraction of sp³-hybridized carbons (Fsp3) is 0.158. The Hall–Kier alpha value is -2.70. The molecule has 3 aromatic rings. The predicted octanol–water partition coefficient (Wildman–Crippen LogP) is 3.46. The van der Waals surface area contributed by atoms with Gasteiger partial charge in [-0.05, 0) is 24.7 Å². The summed E-state index contributed by atoms with van der Waals surface area (Å²) in [4.78, 5) is 18.4. The van der Waals surface area contributed by atoms with Crippen molar-refractivity contribution in [3.05, 3.63) is 65.5 Å². The average molecular weight is 352 g/mol. The van der Waals surface area contributed by atoms with E-state index in [1.165, 1.54) is 16.9 Å². The highest BCUT2D eigenvalue weighted by Gasteiger charge is 2.08. The van der Waals surface area contributed by atoms with Crippen molar-refractivity contribution in [1.82, 2.24) is 9.88 Å². The third-order valence-corrected chi connectivity index (χ3v) is 4.37. The predicted molar refractivity (Wildman–Crippen MR) is 103 cm³/mol. The van der Waals surface area contributed by atoms with Crippen LogP contribution in [-0.4, -0.2) is 29.4 Å². The number of rotatable bonds is 6. The summed E-state index contributed by atoms with van der Waals surface area (Å²) in [7, 11) is 1.93. The minimum absolute atomic E-state index is 0.0379. The summed E-state index contributed by atoms with van der Waals surface area (Å²) >= 11 is 1.41. The van der Waals surface area contributed by atoms with Gasteiger partial charge in [0.2, 0.25) is 5.91 Å². The Morgan fingerprint density at radius 1 is 1.16 bits per heavy atom. The van der Waals surface area contributed by atoms with Crippen molar-refractivity contribution in [2.75, 3.05) is 24.6 Å². The highest BCUT2D eigenvalue weighted by molar-refractivity contribution is 7.13. The van der Waals surface area contributed by atoms with E-state index in [2.05, 4.69) is 22.4 Å². The Balaban J connectivity index is 1.54. The van der Waals surface area contributed by atoms with Gasteiger partial charge in [-0.1, -0.05) is 42.5 Å². The second-order valence-electron chi connectivity index (χ2n) is 5.85. The number of thiazole rings is 1. The first kappa shape index (κ1) is 17.1. The first-order valence-electron chi connectivity index (χ1n) is 7.94. The largest absolute Gasteiger partial charge is 0.375 e. The molecule has 0 unspecified atom stereocenters. The monoisotopic (exact) mass is 352 g/mol. The van der Waals surface area contributed by atoms with Crippen LogP contribution in [0.2, 0.25) is 0 Å². The van der Waals surface area contributed by atoms with Crippen molar-refractivity contribution < 1.29 is 4.79 Å². The van der Waals surface area contributed by atoms with E-state index in [1.807, 2.05) is 59.8 Å². The summed E-state index contributed by atoms with van der Waals surface area (Å²) in [5, 5.41) is 5.39. The van der Waals surface area contributed by atoms with Gasteiger partial charge in [-0.2, -0.15) is 0 Å². The number of nitrogens with two attached hydrogens (primary N) is 1. The van der Waals surface area contributed by atoms with Crippen LogP contribution in [0.5, 0.6) is 0 Å². The molecule has 3 rings (SSSR count). The number of carbonyl (C=O) groups excluding carboxylic acids is 1. The third kappa shape index (κ3) is 4.89. The van der Waals surface area contributed by atoms with E-state index in [1.54, 1.807) is 0 Å². The number of likely N-dealkylation sites (N-methyl/N-ethyl adjacent to an activating group) is 1. The summed E-state index contributed by atoms with van der Waals surface area (Å²) in [5.74, 6) is -0.0379. The van der Waals surface area contributed by atoms with Crippen LogP contribution in [0.1, 0.15) is 5.56 Å². The molecule has 0 bridgehead atoms. The standard InChI is InChI=1S/C19H20N4OS/c1-23(11-14-5-3-2-4-6-14)12-18(24)21-16-9-7-15(8-10-16)17-13-25-19(20)22-17/h2-10,13H,11-12H2,1H3,(H2,20,22)(H,21,24). The van der Waals surface area contributed by atoms with Crippen LogP contribution in [0.3, 0.4) is 0 Å². The smallest absolute Gasteiger partial charge is 0.238 e. The van der Waals surface area contributed by atoms with E-state index in [0.29, 0.717) is 11.7 Å². The van der Waals surface area contributed by atoms with Gasteiger partial charge in [0, 0.05) is 23.2 Å². The molecular formula is C19H20N4OS. The van der Waals surface area contributed by atoms with Gasteiger partial charge in [-0.3, -0.25) is 9.69 Å². The minimum Gasteiger partial charge on any atom is -0.375 e. The Bertz CT molecular complexity index is 830. The average Bonchev–Trinajstić information content (AvgIpc) is 3.02. The number of hydrogen-bond acceptors (Lipinski definition) is 5. The first-order valence-corrected chi connectivity index (χ1v) is 8.82. The van der Waals surface area contributed by atoms with E-state index >= 15 is 0 Å². The van der Waals surface area contributed by atoms with Crippen LogP contribution in [0.4, 0.5) is 10.8 Å². The molecule has 0 fully saturated rings. The van der Waals surface area contributed by atoms with E-state index in [-0.39, 0.29) is 5.91 Å². The number of anilines is 2. The lowest BCUT2D eigenvalue weighted by atomic mass is 10.1. The lowest BCUT2D eigenvalue weighted by Crippen LogP contribution is -2.29. The zero-order valence-corrected chi connectivity index (χ0v) is 14.8. The van der Waals surface area contributed by atoms with E-state index in [4.69, 9.17) is 5.73 Å². The maximum atomic E-state index is 12.2. The number of hydrogen-bond donors (Lipinski definition) is 2. The summed E-state index contributed by atoms with van der Waals surface area (Å²) in [6, 6.07) is 17.7. The van der Waals surface area contributed by atoms with Gasteiger partial charge in [0.1, 0.15) is 0 Å². The lowest BCUT2D eigenvalue weighted by molar-refractivity contribution is -0.117. The molecule has 0 atom stereocenters. The summed E-state index contributed by atoms with van der Waals surface area (Å²) in [6.45, 7) is 1.07. The van der Waals surface area contributed by atoms with Gasteiger partial charge in [-0.25, -0.2) is 4.98 Å². The molecule has 0 saturated heterocycles. The van der Waals surface area contributed by atoms with Crippen LogP contribution < -0.4 is 11.1 Å². The van der Waals surface area contributed by atoms with E-state index < -0.39 is 0 Å². The molecule has 128 valence electrons. The maximum Gasteiger partial charge on any atom is 0.238 e. The summed E-state index contributed by atoms with van der Waals surface area (Å²) < 4.78 is 0. The van der Waals surface area contributed by atoms with Crippen LogP contribution in [0.15, 0.2) is 60.0 Å². The van der Waals surface area contributed by atoms with Gasteiger partial charge in [0.25, 0.3) is 0 Å². The van der Waals surface area contributed by atoms with Crippen LogP contribution in [0, 0.1) is 0 Å². The van der Waals surface area contributed by atoms with E-state index in [9.17, 15) is 4.79 Å². The Kier molecular flexibility index (Phi) is 5.42. The van der Waals surface area contributed by atoms with Crippen molar-refractivity contribution in [2.45, 2.75) is 6.54 Å². The zero-order chi connectivity index (χ0) is 17.6. The zero-order valence-electron chi connectivity index (χ0n) is 14.0. The molecule has 0 spiro atoms. The Morgan fingerprint density at radius 2 is 1.88 bits per heavy atom. The topological polar surface area (TPSA) is 71.2 Å². The maximum absolute atomic E-state index is 12.2. The Morgan fingerprint density at radius 3 is 2.52 bits per heavy atom. The molecule has 0 saturated carbocycles. The van der Waals surface area contributed by atoms with Crippen molar-refractivity contribution in [3.63, 3.8) is 0 Å². The molecule has 3 N–H and O–H groups in total. The van der Waals surface area contributed by atoms with Crippen LogP contribution in [-0.2, 0) is 11.3 Å². The molecule has 6 heteroatoms. The molecule has 1 amide bonds. The van der Waals surface area contributed by atoms with Gasteiger partial charge in [-0.15, -0.1) is 11.3 Å². The first-order chi connectivity index (χ1) is 12.1. The van der Waals surface area contributed by atoms with Gasteiger partial charge in [0.15, 0.2) is 5.13 Å². The van der Waals surface area contributed by atoms with E-state index in [0.717, 1.165) is 23.5 Å². The number of nitrogens with one attached hydrogen (secondary N) is 1. The summed E-state index contributed by atoms with van der Waals surface area (Å²) in [6.07, 6.45) is 0. The number of nitrogen functional groups attached to an aromatic ring is 1. The molecule has 25 heavy (non-hydrogen) atoms. The highest BCUT2D eigenvalue weighted by Crippen LogP contribution is 2.24. The number of amides is 1. The fourth-order valence-corrected chi connectivity index (χ4v) is 3.11. The van der Waals surface area contributed by atoms with Crippen molar-refractivity contribution in [1.29, 1.82) is 0 Å². The lowest BCUT2D eigenvalue weighted by Gasteiger charge is -2.16. The minimum atomic E-state index is -0.0379. The quantitative estimate of drug-likeness (QED) is 0.713. The number of carbonyl (C=O) groups is 1. The third-order valence-electron chi connectivity index (χ3n) is 3.70. The molecule has 1 heterocycles. The highest BCUT2D eigenvalue weighted by atomic mass is 32.1. The fourth-order valence-electron chi connectivity index (χ4n) is 2.54. The Labute approximate surface area is 151 Å². The van der Waals surface area contributed by atoms with Crippen LogP contribution >= 0.6 is 11.3 Å². The molecule has 2 aromatic carbocycles. The van der Waals surface area contributed by atoms with Crippen molar-refractivity contribution >= 4 is 28.1 Å². The van der Waals surface area contributed by atoms with Crippen molar-refractivity contribution in [2.24, 2.45) is 0 Å². The molecule has 0 aliphatic carbocycles. The molecule has 0 radical (unpaired) electrons. The summed E-state index contributed by atoms with van der Waals surface area (Å²) in [5.41, 5.74) is 9.44. The van der Waals surface area contributed by atoms with Gasteiger partial charge >= 0.3 is 0 Å². The second kappa shape index (κ2) is 7.92. The normalized spacial score (nSPS) is 10.8. The number of nitrogens with zero attached hydrogens (tertiary/aromatic N) is 2. The molecular weight excluding hydrogens is 332 g/mol. The molecule has 1 aromatic heterocycles. The van der Waals surface area contributed by atoms with Crippen molar-refractivity contribution in [3.8, 4) is 11.3 Å². The number of benzene rings is 2. The number of aromatic nitrogens is 1. The SMILES string of the molecule is CN(CC(=O)Nc1ccc(-c2csc(N)n2)cc1)Cc1ccccc1. The molecule has 0 aliphatic rings. The molecule has 0 aliphatic heterocycles. The molecule has 5 nitrogen and oxygen atoms in total. The van der Waals surface area contributed by atoms with Gasteiger partial charge in [0.05, 0.1) is 12.2 Å². The van der Waals surface area contributed by atoms with Crippen LogP contribution in [0.25, 0.3) is 11.3 Å². The van der Waals surface area contributed by atoms with Gasteiger partial charge < -0.3 is 11.1 Å². The second-order valence-corrected chi connectivity index (χ2v) is 6.74.